The first kappa shape index (κ1) is 24.7. The minimum atomic E-state index is -0.740. The number of morpholine rings is 1. The Morgan fingerprint density at radius 3 is 2.53 bits per heavy atom. The van der Waals surface area contributed by atoms with Gasteiger partial charge in [0.1, 0.15) is 5.69 Å². The molecule has 192 valence electrons. The predicted octanol–water partition coefficient (Wildman–Crippen LogP) is 3.93. The Morgan fingerprint density at radius 1 is 1.11 bits per heavy atom. The van der Waals surface area contributed by atoms with Crippen molar-refractivity contribution in [2.45, 2.75) is 0 Å². The van der Waals surface area contributed by atoms with Gasteiger partial charge in [-0.05, 0) is 42.0 Å². The zero-order valence-corrected chi connectivity index (χ0v) is 20.3. The van der Waals surface area contributed by atoms with Gasteiger partial charge in [0, 0.05) is 41.5 Å². The molecule has 0 spiro atoms. The molecule has 4 aromatic rings. The lowest BCUT2D eigenvalue weighted by Gasteiger charge is -2.29. The maximum atomic E-state index is 13.7. The second-order valence-corrected chi connectivity index (χ2v) is 8.68. The molecule has 0 radical (unpaired) electrons. The standard InChI is InChI=1S/C27H24N6O5/c1-2-17-13-18(15-19(14-17)29-27(28)35)25-21-5-3-4-6-22(21)26(34)32(30-25)24-16-20(7-8-23(24)33(36)37)31-9-11-38-12-10-31/h2-8,13-16H,1,9-12H2,(H3,28,29,35). The van der Waals surface area contributed by atoms with E-state index in [0.717, 1.165) is 10.4 Å². The number of ether oxygens (including phenoxy) is 1. The van der Waals surface area contributed by atoms with E-state index in [1.807, 2.05) is 4.90 Å². The maximum absolute atomic E-state index is 13.7. The van der Waals surface area contributed by atoms with Crippen molar-refractivity contribution in [3.63, 3.8) is 0 Å². The zero-order valence-electron chi connectivity index (χ0n) is 20.3. The Labute approximate surface area is 216 Å². The summed E-state index contributed by atoms with van der Waals surface area (Å²) in [6, 6.07) is 16.0. The van der Waals surface area contributed by atoms with Gasteiger partial charge in [0.15, 0.2) is 0 Å². The van der Waals surface area contributed by atoms with Gasteiger partial charge >= 0.3 is 6.03 Å². The highest BCUT2D eigenvalue weighted by Crippen LogP contribution is 2.32. The van der Waals surface area contributed by atoms with Crippen LogP contribution >= 0.6 is 0 Å². The van der Waals surface area contributed by atoms with E-state index in [2.05, 4.69) is 17.0 Å². The number of hydrogen-bond donors (Lipinski definition) is 2. The molecule has 1 fully saturated rings. The SMILES string of the molecule is C=Cc1cc(NC(N)=O)cc(-c2nn(-c3cc(N4CCOCC4)ccc3[N+](=O)[O-])c(=O)c3ccccc23)c1. The van der Waals surface area contributed by atoms with Gasteiger partial charge in [0.2, 0.25) is 0 Å². The maximum Gasteiger partial charge on any atom is 0.316 e. The van der Waals surface area contributed by atoms with Gasteiger partial charge in [-0.2, -0.15) is 9.78 Å². The molecular weight excluding hydrogens is 488 g/mol. The molecule has 5 rings (SSSR count). The van der Waals surface area contributed by atoms with Crippen molar-refractivity contribution in [1.82, 2.24) is 9.78 Å². The topological polar surface area (TPSA) is 146 Å². The number of primary amides is 1. The van der Waals surface area contributed by atoms with Crippen molar-refractivity contribution in [3.8, 4) is 16.9 Å². The van der Waals surface area contributed by atoms with Gasteiger partial charge < -0.3 is 20.7 Å². The Balaban J connectivity index is 1.78. The van der Waals surface area contributed by atoms with E-state index in [1.54, 1.807) is 60.7 Å². The van der Waals surface area contributed by atoms with E-state index in [9.17, 15) is 19.7 Å². The highest BCUT2D eigenvalue weighted by Gasteiger charge is 2.23. The molecule has 0 saturated carbocycles. The Morgan fingerprint density at radius 2 is 1.84 bits per heavy atom. The van der Waals surface area contributed by atoms with Gasteiger partial charge in [-0.15, -0.1) is 0 Å². The molecule has 38 heavy (non-hydrogen) atoms. The number of nitro groups is 1. The first-order valence-electron chi connectivity index (χ1n) is 11.8. The van der Waals surface area contributed by atoms with E-state index in [0.29, 0.717) is 59.6 Å². The van der Waals surface area contributed by atoms with Gasteiger partial charge in [-0.1, -0.05) is 30.9 Å². The molecule has 0 aliphatic carbocycles. The van der Waals surface area contributed by atoms with E-state index < -0.39 is 16.5 Å². The van der Waals surface area contributed by atoms with Crippen LogP contribution in [0, 0.1) is 10.1 Å². The molecule has 11 nitrogen and oxygen atoms in total. The molecule has 11 heteroatoms. The highest BCUT2D eigenvalue weighted by atomic mass is 16.6. The average molecular weight is 513 g/mol. The summed E-state index contributed by atoms with van der Waals surface area (Å²) >= 11 is 0. The number of nitrogens with two attached hydrogens (primary N) is 1. The largest absolute Gasteiger partial charge is 0.378 e. The monoisotopic (exact) mass is 512 g/mol. The van der Waals surface area contributed by atoms with Crippen LogP contribution in [-0.2, 0) is 4.74 Å². The lowest BCUT2D eigenvalue weighted by atomic mass is 10.0. The summed E-state index contributed by atoms with van der Waals surface area (Å²) in [5.74, 6) is 0. The minimum absolute atomic E-state index is 0.0476. The lowest BCUT2D eigenvalue weighted by Crippen LogP contribution is -2.36. The van der Waals surface area contributed by atoms with Crippen LogP contribution in [0.15, 0.2) is 72.0 Å². The number of anilines is 2. The fourth-order valence-electron chi connectivity index (χ4n) is 4.54. The molecule has 0 unspecified atom stereocenters. The second-order valence-electron chi connectivity index (χ2n) is 8.68. The van der Waals surface area contributed by atoms with E-state index >= 15 is 0 Å². The third kappa shape index (κ3) is 4.70. The zero-order chi connectivity index (χ0) is 26.8. The van der Waals surface area contributed by atoms with Crippen LogP contribution in [0.2, 0.25) is 0 Å². The molecule has 0 bridgehead atoms. The molecule has 3 aromatic carbocycles. The smallest absolute Gasteiger partial charge is 0.316 e. The van der Waals surface area contributed by atoms with Crippen LogP contribution in [-0.4, -0.2) is 47.0 Å². The van der Waals surface area contributed by atoms with Crippen LogP contribution in [0.3, 0.4) is 0 Å². The molecule has 3 N–H and O–H groups in total. The van der Waals surface area contributed by atoms with Crippen molar-refractivity contribution in [1.29, 1.82) is 0 Å². The van der Waals surface area contributed by atoms with Crippen LogP contribution in [0.25, 0.3) is 33.8 Å². The normalized spacial score (nSPS) is 13.3. The van der Waals surface area contributed by atoms with Gasteiger partial charge in [-0.25, -0.2) is 4.79 Å². The second kappa shape index (κ2) is 10.1. The number of carbonyl (C=O) groups is 1. The number of nitrogens with one attached hydrogen (secondary N) is 1. The highest BCUT2D eigenvalue weighted by molar-refractivity contribution is 5.96. The van der Waals surface area contributed by atoms with Crippen molar-refractivity contribution in [2.24, 2.45) is 5.73 Å². The predicted molar refractivity (Wildman–Crippen MR) is 146 cm³/mol. The molecular formula is C27H24N6O5. The quantitative estimate of drug-likeness (QED) is 0.294. The van der Waals surface area contributed by atoms with Crippen molar-refractivity contribution in [2.75, 3.05) is 36.5 Å². The van der Waals surface area contributed by atoms with Crippen LogP contribution in [0.1, 0.15) is 5.56 Å². The Bertz CT molecular complexity index is 1640. The number of nitrogens with zero attached hydrogens (tertiary/aromatic N) is 4. The Kier molecular flexibility index (Phi) is 6.58. The summed E-state index contributed by atoms with van der Waals surface area (Å²) in [5, 5.41) is 20.1. The summed E-state index contributed by atoms with van der Waals surface area (Å²) in [6.45, 7) is 6.11. The van der Waals surface area contributed by atoms with E-state index in [1.165, 1.54) is 6.07 Å². The summed E-state index contributed by atoms with van der Waals surface area (Å²) in [6.07, 6.45) is 1.60. The molecule has 2 heterocycles. The first-order chi connectivity index (χ1) is 18.4. The van der Waals surface area contributed by atoms with E-state index in [-0.39, 0.29) is 11.4 Å². The number of hydrogen-bond acceptors (Lipinski definition) is 7. The molecule has 1 saturated heterocycles. The number of fused-ring (bicyclic) bond motifs is 1. The third-order valence-corrected chi connectivity index (χ3v) is 6.30. The minimum Gasteiger partial charge on any atom is -0.378 e. The molecule has 1 aromatic heterocycles. The number of carbonyl (C=O) groups excluding carboxylic acids is 1. The van der Waals surface area contributed by atoms with Gasteiger partial charge in [-0.3, -0.25) is 14.9 Å². The summed E-state index contributed by atoms with van der Waals surface area (Å²) in [5.41, 5.74) is 7.37. The number of benzene rings is 3. The van der Waals surface area contributed by atoms with Crippen LogP contribution < -0.4 is 21.5 Å². The van der Waals surface area contributed by atoms with Crippen molar-refractivity contribution < 1.29 is 14.5 Å². The average Bonchev–Trinajstić information content (AvgIpc) is 2.93. The number of amides is 2. The molecule has 2 amide bonds. The molecule has 1 aliphatic rings. The van der Waals surface area contributed by atoms with Crippen molar-refractivity contribution in [3.05, 3.63) is 93.3 Å². The van der Waals surface area contributed by atoms with Gasteiger partial charge in [0.25, 0.3) is 11.2 Å². The van der Waals surface area contributed by atoms with Crippen LogP contribution in [0.4, 0.5) is 21.9 Å². The fraction of sp³-hybridized carbons (Fsp3) is 0.148. The number of urea groups is 1. The van der Waals surface area contributed by atoms with E-state index in [4.69, 9.17) is 10.5 Å². The number of aromatic nitrogens is 2. The Hall–Kier alpha value is -5.03. The number of rotatable bonds is 6. The molecule has 0 atom stereocenters. The lowest BCUT2D eigenvalue weighted by molar-refractivity contribution is -0.384. The summed E-state index contributed by atoms with van der Waals surface area (Å²) in [4.78, 5) is 38.7. The fourth-order valence-corrected chi connectivity index (χ4v) is 4.54. The van der Waals surface area contributed by atoms with Gasteiger partial charge in [0.05, 0.1) is 29.2 Å². The first-order valence-corrected chi connectivity index (χ1v) is 11.8. The van der Waals surface area contributed by atoms with Crippen molar-refractivity contribution >= 4 is 39.9 Å². The summed E-state index contributed by atoms with van der Waals surface area (Å²) < 4.78 is 6.50. The summed E-state index contributed by atoms with van der Waals surface area (Å²) in [7, 11) is 0. The molecule has 1 aliphatic heterocycles. The van der Waals surface area contributed by atoms with Crippen LogP contribution in [0.5, 0.6) is 0 Å². The third-order valence-electron chi connectivity index (χ3n) is 6.30. The number of nitro benzene ring substituents is 1.